The first-order valence-corrected chi connectivity index (χ1v) is 8.22. The van der Waals surface area contributed by atoms with Crippen LogP contribution in [0.15, 0.2) is 18.2 Å². The molecule has 0 saturated carbocycles. The summed E-state index contributed by atoms with van der Waals surface area (Å²) in [5.41, 5.74) is 2.52. The first-order valence-electron chi connectivity index (χ1n) is 7.84. The second-order valence-corrected chi connectivity index (χ2v) is 7.25. The predicted molar refractivity (Wildman–Crippen MR) is 90.5 cm³/mol. The van der Waals surface area contributed by atoms with Crippen molar-refractivity contribution in [2.24, 2.45) is 17.8 Å². The summed E-state index contributed by atoms with van der Waals surface area (Å²) in [6, 6.07) is 6.42. The third-order valence-electron chi connectivity index (χ3n) is 3.51. The molecule has 0 radical (unpaired) electrons. The molecule has 0 fully saturated rings. The van der Waals surface area contributed by atoms with E-state index in [2.05, 4.69) is 58.1 Å². The normalized spacial score (nSPS) is 13.2. The molecule has 114 valence electrons. The van der Waals surface area contributed by atoms with Crippen LogP contribution in [-0.4, -0.2) is 13.1 Å². The fourth-order valence-corrected chi connectivity index (χ4v) is 2.92. The molecule has 0 heterocycles. The second-order valence-electron chi connectivity index (χ2n) is 6.85. The first kappa shape index (κ1) is 17.5. The predicted octanol–water partition coefficient (Wildman–Crippen LogP) is 5.10. The molecule has 20 heavy (non-hydrogen) atoms. The fourth-order valence-electron chi connectivity index (χ4n) is 2.61. The van der Waals surface area contributed by atoms with Crippen molar-refractivity contribution in [3.8, 4) is 0 Å². The smallest absolute Gasteiger partial charge is 0.0440 e. The highest BCUT2D eigenvalue weighted by molar-refractivity contribution is 6.31. The van der Waals surface area contributed by atoms with Crippen molar-refractivity contribution >= 4 is 11.6 Å². The minimum atomic E-state index is 0.661. The van der Waals surface area contributed by atoms with Crippen molar-refractivity contribution in [3.63, 3.8) is 0 Å². The van der Waals surface area contributed by atoms with Crippen LogP contribution >= 0.6 is 11.6 Å². The Morgan fingerprint density at radius 1 is 1.05 bits per heavy atom. The molecule has 1 unspecified atom stereocenters. The van der Waals surface area contributed by atoms with Gasteiger partial charge in [0.2, 0.25) is 0 Å². The molecule has 0 aliphatic carbocycles. The van der Waals surface area contributed by atoms with E-state index >= 15 is 0 Å². The van der Waals surface area contributed by atoms with Crippen molar-refractivity contribution in [2.45, 2.75) is 47.5 Å². The summed E-state index contributed by atoms with van der Waals surface area (Å²) in [6.07, 6.45) is 2.32. The third kappa shape index (κ3) is 6.76. The lowest BCUT2D eigenvalue weighted by Gasteiger charge is -2.21. The van der Waals surface area contributed by atoms with E-state index in [9.17, 15) is 0 Å². The van der Waals surface area contributed by atoms with Crippen molar-refractivity contribution in [2.75, 3.05) is 13.1 Å². The number of aryl methyl sites for hydroxylation is 1. The number of benzene rings is 1. The van der Waals surface area contributed by atoms with E-state index in [1.807, 2.05) is 0 Å². The molecule has 0 aliphatic rings. The summed E-state index contributed by atoms with van der Waals surface area (Å²) in [5, 5.41) is 4.52. The molecule has 0 amide bonds. The average Bonchev–Trinajstić information content (AvgIpc) is 2.31. The zero-order chi connectivity index (χ0) is 15.1. The Labute approximate surface area is 130 Å². The lowest BCUT2D eigenvalue weighted by atomic mass is 9.90. The molecule has 2 heteroatoms. The average molecular weight is 296 g/mol. The first-order chi connectivity index (χ1) is 9.38. The molecule has 1 aromatic carbocycles. The number of halogens is 1. The maximum Gasteiger partial charge on any atom is 0.0440 e. The van der Waals surface area contributed by atoms with Crippen LogP contribution in [0, 0.1) is 24.7 Å². The molecular weight excluding hydrogens is 266 g/mol. The maximum absolute atomic E-state index is 6.37. The van der Waals surface area contributed by atoms with E-state index < -0.39 is 0 Å². The van der Waals surface area contributed by atoms with Crippen LogP contribution in [-0.2, 0) is 6.42 Å². The summed E-state index contributed by atoms with van der Waals surface area (Å²) in [5.74, 6) is 2.09. The third-order valence-corrected chi connectivity index (χ3v) is 3.86. The highest BCUT2D eigenvalue weighted by atomic mass is 35.5. The van der Waals surface area contributed by atoms with E-state index in [4.69, 9.17) is 11.6 Å². The Kier molecular flexibility index (Phi) is 7.61. The summed E-state index contributed by atoms with van der Waals surface area (Å²) >= 11 is 6.37. The SMILES string of the molecule is Cc1ccc(CC(CNCC(C)C)CC(C)C)c(Cl)c1. The van der Waals surface area contributed by atoms with Crippen LogP contribution in [0.5, 0.6) is 0 Å². The Morgan fingerprint density at radius 3 is 2.30 bits per heavy atom. The van der Waals surface area contributed by atoms with Crippen LogP contribution in [0.25, 0.3) is 0 Å². The van der Waals surface area contributed by atoms with Gasteiger partial charge in [0, 0.05) is 5.02 Å². The van der Waals surface area contributed by atoms with Gasteiger partial charge in [0.1, 0.15) is 0 Å². The standard InChI is InChI=1S/C18H30ClN/c1-13(2)8-16(12-20-11-14(3)4)10-17-7-6-15(5)9-18(17)19/h6-7,9,13-14,16,20H,8,10-12H2,1-5H3. The lowest BCUT2D eigenvalue weighted by molar-refractivity contribution is 0.376. The van der Waals surface area contributed by atoms with Gasteiger partial charge in [-0.3, -0.25) is 0 Å². The van der Waals surface area contributed by atoms with Gasteiger partial charge in [-0.2, -0.15) is 0 Å². The highest BCUT2D eigenvalue weighted by Gasteiger charge is 2.14. The van der Waals surface area contributed by atoms with Gasteiger partial charge in [0.05, 0.1) is 0 Å². The molecule has 1 nitrogen and oxygen atoms in total. The van der Waals surface area contributed by atoms with E-state index in [0.29, 0.717) is 11.8 Å². The van der Waals surface area contributed by atoms with Crippen LogP contribution in [0.3, 0.4) is 0 Å². The Bertz CT molecular complexity index is 398. The van der Waals surface area contributed by atoms with E-state index in [0.717, 1.165) is 30.5 Å². The second kappa shape index (κ2) is 8.69. The largest absolute Gasteiger partial charge is 0.316 e. The Morgan fingerprint density at radius 2 is 1.75 bits per heavy atom. The highest BCUT2D eigenvalue weighted by Crippen LogP contribution is 2.23. The summed E-state index contributed by atoms with van der Waals surface area (Å²) < 4.78 is 0. The molecule has 0 spiro atoms. The molecular formula is C18H30ClN. The molecule has 1 rings (SSSR count). The summed E-state index contributed by atoms with van der Waals surface area (Å²) in [4.78, 5) is 0. The van der Waals surface area contributed by atoms with Crippen molar-refractivity contribution in [1.82, 2.24) is 5.32 Å². The van der Waals surface area contributed by atoms with Gasteiger partial charge in [0.25, 0.3) is 0 Å². The number of nitrogens with one attached hydrogen (secondary N) is 1. The van der Waals surface area contributed by atoms with Crippen molar-refractivity contribution < 1.29 is 0 Å². The van der Waals surface area contributed by atoms with Crippen molar-refractivity contribution in [3.05, 3.63) is 34.3 Å². The van der Waals surface area contributed by atoms with E-state index in [1.165, 1.54) is 17.5 Å². The van der Waals surface area contributed by atoms with Gasteiger partial charge in [-0.05, 0) is 67.8 Å². The minimum absolute atomic E-state index is 0.661. The number of rotatable bonds is 8. The number of hydrogen-bond donors (Lipinski definition) is 1. The summed E-state index contributed by atoms with van der Waals surface area (Å²) in [7, 11) is 0. The molecule has 1 N–H and O–H groups in total. The lowest BCUT2D eigenvalue weighted by Crippen LogP contribution is -2.28. The van der Waals surface area contributed by atoms with Crippen LogP contribution < -0.4 is 5.32 Å². The van der Waals surface area contributed by atoms with Gasteiger partial charge in [0.15, 0.2) is 0 Å². The molecule has 0 saturated heterocycles. The molecule has 1 aromatic rings. The maximum atomic E-state index is 6.37. The van der Waals surface area contributed by atoms with Gasteiger partial charge in [-0.1, -0.05) is 51.4 Å². The van der Waals surface area contributed by atoms with Crippen molar-refractivity contribution in [1.29, 1.82) is 0 Å². The van der Waals surface area contributed by atoms with Gasteiger partial charge < -0.3 is 5.32 Å². The van der Waals surface area contributed by atoms with Gasteiger partial charge in [-0.25, -0.2) is 0 Å². The monoisotopic (exact) mass is 295 g/mol. The fraction of sp³-hybridized carbons (Fsp3) is 0.667. The van der Waals surface area contributed by atoms with Gasteiger partial charge in [-0.15, -0.1) is 0 Å². The Balaban J connectivity index is 2.63. The molecule has 0 bridgehead atoms. The molecule has 1 atom stereocenters. The quantitative estimate of drug-likeness (QED) is 0.703. The topological polar surface area (TPSA) is 12.0 Å². The van der Waals surface area contributed by atoms with Crippen LogP contribution in [0.2, 0.25) is 5.02 Å². The van der Waals surface area contributed by atoms with E-state index in [-0.39, 0.29) is 0 Å². The van der Waals surface area contributed by atoms with Crippen LogP contribution in [0.1, 0.15) is 45.2 Å². The zero-order valence-electron chi connectivity index (χ0n) is 13.7. The Hall–Kier alpha value is -0.530. The van der Waals surface area contributed by atoms with E-state index in [1.54, 1.807) is 0 Å². The zero-order valence-corrected chi connectivity index (χ0v) is 14.4. The minimum Gasteiger partial charge on any atom is -0.316 e. The number of hydrogen-bond acceptors (Lipinski definition) is 1. The summed E-state index contributed by atoms with van der Waals surface area (Å²) in [6.45, 7) is 13.4. The molecule has 0 aromatic heterocycles. The molecule has 0 aliphatic heterocycles. The van der Waals surface area contributed by atoms with Crippen LogP contribution in [0.4, 0.5) is 0 Å². The van der Waals surface area contributed by atoms with Gasteiger partial charge >= 0.3 is 0 Å².